The van der Waals surface area contributed by atoms with Crippen LogP contribution in [0.3, 0.4) is 0 Å². The molecule has 0 saturated carbocycles. The van der Waals surface area contributed by atoms with E-state index in [1.54, 1.807) is 6.20 Å². The van der Waals surface area contributed by atoms with Gasteiger partial charge in [-0.25, -0.2) is 0 Å². The largest absolute Gasteiger partial charge is 0.492 e. The fourth-order valence-electron chi connectivity index (χ4n) is 1.92. The number of likely N-dealkylation sites (N-methyl/N-ethyl adjacent to an activating group) is 1. The van der Waals surface area contributed by atoms with E-state index < -0.39 is 0 Å². The maximum atomic E-state index is 5.72. The van der Waals surface area contributed by atoms with Crippen molar-refractivity contribution >= 4 is 0 Å². The molecule has 2 N–H and O–H groups in total. The topological polar surface area (TPSA) is 51.4 Å². The van der Waals surface area contributed by atoms with Gasteiger partial charge in [0.2, 0.25) is 0 Å². The average molecular weight is 271 g/mol. The van der Waals surface area contributed by atoms with Crippen molar-refractivity contribution in [3.63, 3.8) is 0 Å². The van der Waals surface area contributed by atoms with E-state index in [4.69, 9.17) is 10.5 Å². The quantitative estimate of drug-likeness (QED) is 0.837. The summed E-state index contributed by atoms with van der Waals surface area (Å²) in [5.74, 6) is 0.886. The summed E-state index contributed by atoms with van der Waals surface area (Å²) in [6.45, 7) is 2.98. The third kappa shape index (κ3) is 4.64. The molecule has 1 aromatic heterocycles. The van der Waals surface area contributed by atoms with Crippen LogP contribution in [0.2, 0.25) is 0 Å². The second-order valence-corrected chi connectivity index (χ2v) is 4.80. The lowest BCUT2D eigenvalue weighted by Gasteiger charge is -2.16. The highest BCUT2D eigenvalue weighted by Crippen LogP contribution is 2.11. The number of pyridine rings is 1. The summed E-state index contributed by atoms with van der Waals surface area (Å²) < 4.78 is 5.72. The van der Waals surface area contributed by atoms with Crippen molar-refractivity contribution < 1.29 is 4.74 Å². The fraction of sp³-hybridized carbons (Fsp3) is 0.312. The van der Waals surface area contributed by atoms with Crippen molar-refractivity contribution in [2.45, 2.75) is 13.1 Å². The predicted molar refractivity (Wildman–Crippen MR) is 80.4 cm³/mol. The molecule has 0 fully saturated rings. The van der Waals surface area contributed by atoms with Gasteiger partial charge in [0.15, 0.2) is 0 Å². The molecule has 0 saturated heterocycles. The zero-order valence-electron chi connectivity index (χ0n) is 11.8. The third-order valence-electron chi connectivity index (χ3n) is 3.08. The van der Waals surface area contributed by atoms with Gasteiger partial charge < -0.3 is 10.5 Å². The van der Waals surface area contributed by atoms with E-state index in [0.717, 1.165) is 24.4 Å². The summed E-state index contributed by atoms with van der Waals surface area (Å²) in [7, 11) is 2.08. The maximum Gasteiger partial charge on any atom is 0.119 e. The number of hydrogen-bond donors (Lipinski definition) is 1. The Hall–Kier alpha value is -1.91. The minimum atomic E-state index is 0.564. The minimum absolute atomic E-state index is 0.564. The van der Waals surface area contributed by atoms with Gasteiger partial charge in [-0.3, -0.25) is 9.88 Å². The first kappa shape index (κ1) is 14.5. The van der Waals surface area contributed by atoms with E-state index >= 15 is 0 Å². The Morgan fingerprint density at radius 3 is 2.60 bits per heavy atom. The molecule has 0 aliphatic carbocycles. The predicted octanol–water partition coefficient (Wildman–Crippen LogP) is 2.05. The van der Waals surface area contributed by atoms with Gasteiger partial charge in [0, 0.05) is 32.0 Å². The van der Waals surface area contributed by atoms with Crippen molar-refractivity contribution in [3.05, 3.63) is 59.9 Å². The number of ether oxygens (including phenoxy) is 1. The molecule has 0 atom stereocenters. The molecule has 0 radical (unpaired) electrons. The Labute approximate surface area is 120 Å². The van der Waals surface area contributed by atoms with Gasteiger partial charge in [0.05, 0.1) is 0 Å². The molecule has 2 aromatic rings. The second kappa shape index (κ2) is 7.62. The lowest BCUT2D eigenvalue weighted by molar-refractivity contribution is 0.232. The van der Waals surface area contributed by atoms with Gasteiger partial charge in [-0.1, -0.05) is 18.2 Å². The molecule has 106 valence electrons. The van der Waals surface area contributed by atoms with Crippen LogP contribution in [0.4, 0.5) is 0 Å². The maximum absolute atomic E-state index is 5.72. The Morgan fingerprint density at radius 1 is 1.15 bits per heavy atom. The van der Waals surface area contributed by atoms with Crippen LogP contribution in [0.15, 0.2) is 48.8 Å². The Morgan fingerprint density at radius 2 is 1.95 bits per heavy atom. The summed E-state index contributed by atoms with van der Waals surface area (Å²) in [6, 6.07) is 11.9. The molecule has 1 aromatic carbocycles. The van der Waals surface area contributed by atoms with Crippen LogP contribution in [0.25, 0.3) is 0 Å². The lowest BCUT2D eigenvalue weighted by Crippen LogP contribution is -2.23. The van der Waals surface area contributed by atoms with Crippen LogP contribution in [0.1, 0.15) is 11.1 Å². The molecule has 4 nitrogen and oxygen atoms in total. The number of benzene rings is 1. The van der Waals surface area contributed by atoms with E-state index in [9.17, 15) is 0 Å². The second-order valence-electron chi connectivity index (χ2n) is 4.80. The highest BCUT2D eigenvalue weighted by atomic mass is 16.5. The molecule has 1 heterocycles. The van der Waals surface area contributed by atoms with Crippen LogP contribution < -0.4 is 10.5 Å². The molecule has 0 amide bonds. The molecule has 20 heavy (non-hydrogen) atoms. The Kier molecular flexibility index (Phi) is 5.53. The smallest absolute Gasteiger partial charge is 0.119 e. The van der Waals surface area contributed by atoms with Crippen LogP contribution in [-0.4, -0.2) is 30.1 Å². The number of rotatable bonds is 7. The zero-order valence-corrected chi connectivity index (χ0v) is 11.8. The van der Waals surface area contributed by atoms with Crippen LogP contribution >= 0.6 is 0 Å². The van der Waals surface area contributed by atoms with Crippen molar-refractivity contribution in [2.75, 3.05) is 20.2 Å². The molecule has 0 aliphatic heterocycles. The average Bonchev–Trinajstić information content (AvgIpc) is 2.49. The highest BCUT2D eigenvalue weighted by molar-refractivity contribution is 5.27. The normalized spacial score (nSPS) is 10.8. The van der Waals surface area contributed by atoms with Gasteiger partial charge in [-0.05, 0) is 36.4 Å². The van der Waals surface area contributed by atoms with E-state index in [-0.39, 0.29) is 0 Å². The molecule has 2 rings (SSSR count). The van der Waals surface area contributed by atoms with E-state index in [1.807, 2.05) is 36.5 Å². The summed E-state index contributed by atoms with van der Waals surface area (Å²) in [4.78, 5) is 6.33. The Bertz CT molecular complexity index is 499. The van der Waals surface area contributed by atoms with Crippen molar-refractivity contribution in [1.29, 1.82) is 0 Å². The molecular formula is C16H21N3O. The molecule has 4 heteroatoms. The van der Waals surface area contributed by atoms with Crippen molar-refractivity contribution in [3.8, 4) is 5.75 Å². The Balaban J connectivity index is 1.72. The number of hydrogen-bond acceptors (Lipinski definition) is 4. The number of nitrogens with two attached hydrogens (primary N) is 1. The minimum Gasteiger partial charge on any atom is -0.492 e. The molecule has 0 spiro atoms. The van der Waals surface area contributed by atoms with E-state index in [1.165, 1.54) is 5.56 Å². The van der Waals surface area contributed by atoms with Gasteiger partial charge in [-0.2, -0.15) is 0 Å². The van der Waals surface area contributed by atoms with E-state index in [2.05, 4.69) is 23.0 Å². The van der Waals surface area contributed by atoms with Gasteiger partial charge in [0.25, 0.3) is 0 Å². The zero-order chi connectivity index (χ0) is 14.2. The van der Waals surface area contributed by atoms with Crippen LogP contribution in [0, 0.1) is 0 Å². The van der Waals surface area contributed by atoms with Crippen LogP contribution in [-0.2, 0) is 13.1 Å². The van der Waals surface area contributed by atoms with Crippen molar-refractivity contribution in [2.24, 2.45) is 5.73 Å². The first-order chi connectivity index (χ1) is 9.78. The summed E-state index contributed by atoms with van der Waals surface area (Å²) in [6.07, 6.45) is 3.68. The number of aromatic nitrogens is 1. The van der Waals surface area contributed by atoms with Gasteiger partial charge in [0.1, 0.15) is 12.4 Å². The van der Waals surface area contributed by atoms with Crippen LogP contribution in [0.5, 0.6) is 5.75 Å². The summed E-state index contributed by atoms with van der Waals surface area (Å²) in [5.41, 5.74) is 7.89. The monoisotopic (exact) mass is 271 g/mol. The van der Waals surface area contributed by atoms with Gasteiger partial charge in [-0.15, -0.1) is 0 Å². The molecular weight excluding hydrogens is 250 g/mol. The SMILES string of the molecule is CN(CCOc1ccc(CN)cc1)Cc1cccnc1. The van der Waals surface area contributed by atoms with Gasteiger partial charge >= 0.3 is 0 Å². The first-order valence-corrected chi connectivity index (χ1v) is 6.77. The summed E-state index contributed by atoms with van der Waals surface area (Å²) in [5, 5.41) is 0. The molecule has 0 unspecified atom stereocenters. The lowest BCUT2D eigenvalue weighted by atomic mass is 10.2. The van der Waals surface area contributed by atoms with Crippen molar-refractivity contribution in [1.82, 2.24) is 9.88 Å². The highest BCUT2D eigenvalue weighted by Gasteiger charge is 2.01. The molecule has 0 bridgehead atoms. The third-order valence-corrected chi connectivity index (χ3v) is 3.08. The molecule has 0 aliphatic rings. The van der Waals surface area contributed by atoms with E-state index in [0.29, 0.717) is 13.2 Å². The number of nitrogens with zero attached hydrogens (tertiary/aromatic N) is 2. The fourth-order valence-corrected chi connectivity index (χ4v) is 1.92. The standard InChI is InChI=1S/C16H21N3O/c1-19(13-15-3-2-8-18-12-15)9-10-20-16-6-4-14(11-17)5-7-16/h2-8,12H,9-11,13,17H2,1H3. The first-order valence-electron chi connectivity index (χ1n) is 6.77. The summed E-state index contributed by atoms with van der Waals surface area (Å²) >= 11 is 0.